The molecule has 0 aliphatic carbocycles. The van der Waals surface area contributed by atoms with Crippen molar-refractivity contribution in [2.24, 2.45) is 0 Å². The second kappa shape index (κ2) is 6.04. The molecule has 4 heteroatoms. The fraction of sp³-hybridized carbons (Fsp3) is 0.667. The van der Waals surface area contributed by atoms with Gasteiger partial charge >= 0.3 is 0 Å². The Bertz CT molecular complexity index is 408. The van der Waals surface area contributed by atoms with E-state index in [1.807, 2.05) is 16.7 Å². The summed E-state index contributed by atoms with van der Waals surface area (Å²) in [6.45, 7) is 7.55. The third-order valence-corrected chi connectivity index (χ3v) is 4.78. The predicted octanol–water partition coefficient (Wildman–Crippen LogP) is 3.81. The highest BCUT2D eigenvalue weighted by atomic mass is 32.2. The molecule has 1 aliphatic rings. The lowest BCUT2D eigenvalue weighted by Gasteiger charge is -2.36. The van der Waals surface area contributed by atoms with Crippen molar-refractivity contribution in [1.29, 1.82) is 0 Å². The summed E-state index contributed by atoms with van der Waals surface area (Å²) in [5.41, 5.74) is 0.674. The van der Waals surface area contributed by atoms with Crippen LogP contribution in [-0.4, -0.2) is 33.9 Å². The van der Waals surface area contributed by atoms with Crippen LogP contribution >= 0.6 is 11.8 Å². The van der Waals surface area contributed by atoms with Gasteiger partial charge in [-0.2, -0.15) is 11.8 Å². The number of furan rings is 1. The van der Waals surface area contributed by atoms with Gasteiger partial charge in [0.25, 0.3) is 5.91 Å². The Hall–Kier alpha value is -0.900. The first-order valence-electron chi connectivity index (χ1n) is 6.94. The van der Waals surface area contributed by atoms with Gasteiger partial charge < -0.3 is 9.32 Å². The molecule has 0 unspecified atom stereocenters. The number of likely N-dealkylation sites (tertiary alicyclic amines) is 1. The molecule has 0 aromatic carbocycles. The lowest BCUT2D eigenvalue weighted by molar-refractivity contribution is 0.0639. The number of thioether (sulfide) groups is 1. The van der Waals surface area contributed by atoms with Gasteiger partial charge in [-0.25, -0.2) is 0 Å². The maximum atomic E-state index is 12.5. The van der Waals surface area contributed by atoms with E-state index in [1.165, 1.54) is 6.42 Å². The van der Waals surface area contributed by atoms with Gasteiger partial charge in [0.1, 0.15) is 6.26 Å². The summed E-state index contributed by atoms with van der Waals surface area (Å²) in [7, 11) is 0. The molecular weight excluding hydrogens is 258 g/mol. The van der Waals surface area contributed by atoms with Crippen LogP contribution < -0.4 is 0 Å². The van der Waals surface area contributed by atoms with Crippen LogP contribution in [0.3, 0.4) is 0 Å². The number of rotatable bonds is 3. The molecule has 3 nitrogen and oxygen atoms in total. The largest absolute Gasteiger partial charge is 0.472 e. The number of carbonyl (C=O) groups excluding carboxylic acids is 1. The molecule has 1 amide bonds. The monoisotopic (exact) mass is 281 g/mol. The maximum absolute atomic E-state index is 12.5. The molecular formula is C15H23NO2S. The molecule has 2 rings (SSSR count). The van der Waals surface area contributed by atoms with E-state index in [-0.39, 0.29) is 10.7 Å². The molecule has 1 aromatic heterocycles. The zero-order chi connectivity index (χ0) is 13.9. The van der Waals surface area contributed by atoms with Crippen LogP contribution in [0, 0.1) is 0 Å². The van der Waals surface area contributed by atoms with Crippen LogP contribution in [0.1, 0.15) is 50.4 Å². The van der Waals surface area contributed by atoms with Crippen LogP contribution in [0.25, 0.3) is 0 Å². The van der Waals surface area contributed by atoms with E-state index >= 15 is 0 Å². The zero-order valence-corrected chi connectivity index (χ0v) is 12.8. The molecule has 2 heterocycles. The zero-order valence-electron chi connectivity index (χ0n) is 12.0. The Kier molecular flexibility index (Phi) is 4.61. The molecule has 19 heavy (non-hydrogen) atoms. The van der Waals surface area contributed by atoms with Crippen LogP contribution in [0.2, 0.25) is 0 Å². The van der Waals surface area contributed by atoms with Gasteiger partial charge in [-0.1, -0.05) is 20.8 Å². The van der Waals surface area contributed by atoms with Crippen LogP contribution in [0.4, 0.5) is 0 Å². The first kappa shape index (κ1) is 14.5. The van der Waals surface area contributed by atoms with Crippen LogP contribution in [-0.2, 0) is 0 Å². The highest BCUT2D eigenvalue weighted by molar-refractivity contribution is 8.00. The summed E-state index contributed by atoms with van der Waals surface area (Å²) in [6.07, 6.45) is 6.57. The van der Waals surface area contributed by atoms with Crippen molar-refractivity contribution in [2.75, 3.05) is 12.3 Å². The molecule has 1 saturated heterocycles. The average molecular weight is 281 g/mol. The minimum atomic E-state index is 0.118. The summed E-state index contributed by atoms with van der Waals surface area (Å²) in [6, 6.07) is 2.12. The second-order valence-electron chi connectivity index (χ2n) is 6.08. The van der Waals surface area contributed by atoms with E-state index in [0.717, 1.165) is 25.1 Å². The predicted molar refractivity (Wildman–Crippen MR) is 79.6 cm³/mol. The number of amides is 1. The molecule has 0 spiro atoms. The fourth-order valence-corrected chi connectivity index (χ4v) is 3.38. The number of carbonyl (C=O) groups is 1. The summed E-state index contributed by atoms with van der Waals surface area (Å²) >= 11 is 1.94. The van der Waals surface area contributed by atoms with Crippen molar-refractivity contribution in [3.63, 3.8) is 0 Å². The normalized spacial score (nSPS) is 20.6. The van der Waals surface area contributed by atoms with E-state index in [0.29, 0.717) is 11.6 Å². The Morgan fingerprint density at radius 2 is 2.26 bits per heavy atom. The number of piperidine rings is 1. The molecule has 0 saturated carbocycles. The summed E-state index contributed by atoms with van der Waals surface area (Å²) in [4.78, 5) is 14.5. The number of hydrogen-bond donors (Lipinski definition) is 0. The van der Waals surface area contributed by atoms with E-state index in [2.05, 4.69) is 20.8 Å². The van der Waals surface area contributed by atoms with Gasteiger partial charge in [-0.05, 0) is 25.3 Å². The van der Waals surface area contributed by atoms with Crippen LogP contribution in [0.15, 0.2) is 23.0 Å². The van der Waals surface area contributed by atoms with E-state index < -0.39 is 0 Å². The van der Waals surface area contributed by atoms with Gasteiger partial charge in [0.05, 0.1) is 11.8 Å². The summed E-state index contributed by atoms with van der Waals surface area (Å²) in [5, 5.41) is 0. The van der Waals surface area contributed by atoms with Gasteiger partial charge in [-0.3, -0.25) is 4.79 Å². The van der Waals surface area contributed by atoms with E-state index in [1.54, 1.807) is 18.6 Å². The highest BCUT2D eigenvalue weighted by Crippen LogP contribution is 2.29. The standard InChI is InChI=1S/C15H23NO2S/c1-15(2,3)19-11-13-6-4-5-8-16(13)14(17)12-7-9-18-10-12/h7,9-10,13H,4-6,8,11H2,1-3H3/t13-/m1/s1. The first-order valence-corrected chi connectivity index (χ1v) is 7.93. The molecule has 0 bridgehead atoms. The molecule has 1 aliphatic heterocycles. The van der Waals surface area contributed by atoms with Crippen molar-refractivity contribution < 1.29 is 9.21 Å². The van der Waals surface area contributed by atoms with Crippen molar-refractivity contribution >= 4 is 17.7 Å². The van der Waals surface area contributed by atoms with Crippen molar-refractivity contribution in [1.82, 2.24) is 4.90 Å². The Labute approximate surface area is 119 Å². The van der Waals surface area contributed by atoms with Crippen molar-refractivity contribution in [3.8, 4) is 0 Å². The molecule has 0 N–H and O–H groups in total. The second-order valence-corrected chi connectivity index (χ2v) is 7.93. The van der Waals surface area contributed by atoms with E-state index in [9.17, 15) is 4.79 Å². The third kappa shape index (κ3) is 4.03. The minimum absolute atomic E-state index is 0.118. The van der Waals surface area contributed by atoms with E-state index in [4.69, 9.17) is 4.42 Å². The van der Waals surface area contributed by atoms with Gasteiger partial charge in [-0.15, -0.1) is 0 Å². The lowest BCUT2D eigenvalue weighted by atomic mass is 10.0. The van der Waals surface area contributed by atoms with Crippen molar-refractivity contribution in [3.05, 3.63) is 24.2 Å². The van der Waals surface area contributed by atoms with Crippen LogP contribution in [0.5, 0.6) is 0 Å². The van der Waals surface area contributed by atoms with Gasteiger partial charge in [0.15, 0.2) is 0 Å². The summed E-state index contributed by atoms with van der Waals surface area (Å²) in [5.74, 6) is 1.14. The quantitative estimate of drug-likeness (QED) is 0.845. The average Bonchev–Trinajstić information content (AvgIpc) is 2.89. The smallest absolute Gasteiger partial charge is 0.257 e. The topological polar surface area (TPSA) is 33.5 Å². The Morgan fingerprint density at radius 3 is 2.89 bits per heavy atom. The molecule has 106 valence electrons. The summed E-state index contributed by atoms with van der Waals surface area (Å²) < 4.78 is 5.28. The highest BCUT2D eigenvalue weighted by Gasteiger charge is 2.29. The SMILES string of the molecule is CC(C)(C)SC[C@H]1CCCCN1C(=O)c1ccoc1. The molecule has 1 aromatic rings. The molecule has 0 radical (unpaired) electrons. The number of hydrogen-bond acceptors (Lipinski definition) is 3. The first-order chi connectivity index (χ1) is 8.97. The lowest BCUT2D eigenvalue weighted by Crippen LogP contribution is -2.45. The third-order valence-electron chi connectivity index (χ3n) is 3.36. The fourth-order valence-electron chi connectivity index (χ4n) is 2.34. The maximum Gasteiger partial charge on any atom is 0.257 e. The van der Waals surface area contributed by atoms with Gasteiger partial charge in [0.2, 0.25) is 0 Å². The Balaban J connectivity index is 2.01. The molecule has 1 fully saturated rings. The number of nitrogens with zero attached hydrogens (tertiary/aromatic N) is 1. The Morgan fingerprint density at radius 1 is 1.47 bits per heavy atom. The van der Waals surface area contributed by atoms with Gasteiger partial charge in [0, 0.05) is 23.1 Å². The molecule has 1 atom stereocenters. The van der Waals surface area contributed by atoms with Crippen molar-refractivity contribution in [2.45, 2.75) is 50.8 Å². The minimum Gasteiger partial charge on any atom is -0.472 e.